The maximum absolute atomic E-state index is 12.4. The number of carbonyl (C=O) groups is 2. The molecule has 1 amide bonds. The Bertz CT molecular complexity index is 803. The first kappa shape index (κ1) is 16.5. The van der Waals surface area contributed by atoms with Gasteiger partial charge in [0.25, 0.3) is 0 Å². The molecule has 0 spiro atoms. The normalized spacial score (nSPS) is 27.9. The molecule has 0 radical (unpaired) electrons. The predicted molar refractivity (Wildman–Crippen MR) is 84.9 cm³/mol. The van der Waals surface area contributed by atoms with Gasteiger partial charge in [-0.2, -0.15) is 0 Å². The molecular formula is C15H17N3O5S. The van der Waals surface area contributed by atoms with E-state index in [-0.39, 0.29) is 16.7 Å². The Morgan fingerprint density at radius 3 is 2.21 bits per heavy atom. The number of anilines is 1. The highest BCUT2D eigenvalue weighted by Crippen LogP contribution is 2.48. The standard InChI is InChI=1S/C15H17N3O5S/c16-24(22,23)11-5-3-10(4-6-11)17-18-14(19)12-8-1-2-9(7-8)13(12)15(20)21/h1-6,8-9,12-13,17H,7H2,(H,18,19)(H,20,21)(H2,16,22,23)/t8?,9?,12-,13+/m1/s1. The van der Waals surface area contributed by atoms with Crippen molar-refractivity contribution in [3.8, 4) is 0 Å². The number of carboxylic acids is 1. The quantitative estimate of drug-likeness (QED) is 0.444. The Hall–Kier alpha value is -2.39. The van der Waals surface area contributed by atoms with Crippen molar-refractivity contribution in [2.75, 3.05) is 5.43 Å². The number of amides is 1. The largest absolute Gasteiger partial charge is 0.481 e. The minimum Gasteiger partial charge on any atom is -0.481 e. The van der Waals surface area contributed by atoms with Gasteiger partial charge in [-0.15, -0.1) is 0 Å². The number of nitrogens with two attached hydrogens (primary N) is 1. The van der Waals surface area contributed by atoms with Gasteiger partial charge in [-0.1, -0.05) is 12.2 Å². The summed E-state index contributed by atoms with van der Waals surface area (Å²) in [6.07, 6.45) is 4.44. The minimum atomic E-state index is -3.77. The monoisotopic (exact) mass is 351 g/mol. The van der Waals surface area contributed by atoms with Crippen LogP contribution >= 0.6 is 0 Å². The first-order valence-electron chi connectivity index (χ1n) is 7.37. The zero-order chi connectivity index (χ0) is 17.5. The molecule has 0 saturated heterocycles. The van der Waals surface area contributed by atoms with E-state index in [0.717, 1.165) is 0 Å². The summed E-state index contributed by atoms with van der Waals surface area (Å²) in [5.41, 5.74) is 5.63. The van der Waals surface area contributed by atoms with Crippen molar-refractivity contribution in [1.82, 2.24) is 5.43 Å². The molecule has 2 aliphatic rings. The Labute approximate surface area is 138 Å². The summed E-state index contributed by atoms with van der Waals surface area (Å²) in [6.45, 7) is 0. The van der Waals surface area contributed by atoms with Crippen molar-refractivity contribution in [3.05, 3.63) is 36.4 Å². The summed E-state index contributed by atoms with van der Waals surface area (Å²) in [5, 5.41) is 14.4. The van der Waals surface area contributed by atoms with Gasteiger partial charge < -0.3 is 5.11 Å². The van der Waals surface area contributed by atoms with E-state index in [4.69, 9.17) is 5.14 Å². The summed E-state index contributed by atoms with van der Waals surface area (Å²) in [7, 11) is -3.77. The Balaban J connectivity index is 1.65. The van der Waals surface area contributed by atoms with Crippen LogP contribution in [0.15, 0.2) is 41.3 Å². The molecule has 2 aliphatic carbocycles. The van der Waals surface area contributed by atoms with Crippen molar-refractivity contribution in [2.45, 2.75) is 11.3 Å². The van der Waals surface area contributed by atoms with Crippen molar-refractivity contribution in [3.63, 3.8) is 0 Å². The van der Waals surface area contributed by atoms with Crippen LogP contribution in [-0.2, 0) is 19.6 Å². The smallest absolute Gasteiger partial charge is 0.307 e. The molecule has 1 fully saturated rings. The van der Waals surface area contributed by atoms with E-state index in [1.165, 1.54) is 24.3 Å². The van der Waals surface area contributed by atoms with E-state index in [1.54, 1.807) is 0 Å². The lowest BCUT2D eigenvalue weighted by molar-refractivity contribution is -0.147. The molecule has 0 aliphatic heterocycles. The molecule has 8 nitrogen and oxygen atoms in total. The second-order valence-corrected chi connectivity index (χ2v) is 7.58. The number of sulfonamides is 1. The average Bonchev–Trinajstić information content (AvgIpc) is 3.13. The van der Waals surface area contributed by atoms with Gasteiger partial charge in [0.1, 0.15) is 0 Å². The number of hydrogen-bond donors (Lipinski definition) is 4. The lowest BCUT2D eigenvalue weighted by Crippen LogP contribution is -2.42. The third-order valence-electron chi connectivity index (χ3n) is 4.56. The van der Waals surface area contributed by atoms with Gasteiger partial charge in [-0.05, 0) is 42.5 Å². The Kier molecular flexibility index (Phi) is 4.06. The number of hydrogen-bond acceptors (Lipinski definition) is 5. The van der Waals surface area contributed by atoms with E-state index in [0.29, 0.717) is 12.1 Å². The number of benzene rings is 1. The number of allylic oxidation sites excluding steroid dienone is 2. The summed E-state index contributed by atoms with van der Waals surface area (Å²) < 4.78 is 22.4. The van der Waals surface area contributed by atoms with E-state index in [2.05, 4.69) is 10.9 Å². The summed E-state index contributed by atoms with van der Waals surface area (Å²) in [4.78, 5) is 23.7. The van der Waals surface area contributed by atoms with Gasteiger partial charge in [0.05, 0.1) is 22.4 Å². The number of carboxylic acid groups (broad SMARTS) is 1. The van der Waals surface area contributed by atoms with E-state index < -0.39 is 33.7 Å². The van der Waals surface area contributed by atoms with Gasteiger partial charge in [-0.3, -0.25) is 20.4 Å². The Morgan fingerprint density at radius 2 is 1.67 bits per heavy atom. The number of aliphatic carboxylic acids is 1. The van der Waals surface area contributed by atoms with Crippen molar-refractivity contribution < 1.29 is 23.1 Å². The highest BCUT2D eigenvalue weighted by Gasteiger charge is 2.51. The van der Waals surface area contributed by atoms with Crippen molar-refractivity contribution in [1.29, 1.82) is 0 Å². The van der Waals surface area contributed by atoms with E-state index in [1.807, 2.05) is 12.2 Å². The highest BCUT2D eigenvalue weighted by atomic mass is 32.2. The lowest BCUT2D eigenvalue weighted by Gasteiger charge is -2.24. The number of carbonyl (C=O) groups excluding carboxylic acids is 1. The number of rotatable bonds is 5. The number of fused-ring (bicyclic) bond motifs is 2. The summed E-state index contributed by atoms with van der Waals surface area (Å²) >= 11 is 0. The minimum absolute atomic E-state index is 0.0384. The van der Waals surface area contributed by atoms with Crippen LogP contribution in [0.2, 0.25) is 0 Å². The molecule has 2 unspecified atom stereocenters. The zero-order valence-corrected chi connectivity index (χ0v) is 13.4. The van der Waals surface area contributed by atoms with Crippen LogP contribution in [0.5, 0.6) is 0 Å². The second-order valence-electron chi connectivity index (χ2n) is 6.02. The van der Waals surface area contributed by atoms with Crippen LogP contribution in [0.25, 0.3) is 0 Å². The molecule has 0 heterocycles. The summed E-state index contributed by atoms with van der Waals surface area (Å²) in [6, 6.07) is 5.53. The fourth-order valence-electron chi connectivity index (χ4n) is 3.46. The SMILES string of the molecule is NS(=O)(=O)c1ccc(NNC(=O)[C@@H]2C3C=CC(C3)[C@@H]2C(=O)O)cc1. The average molecular weight is 351 g/mol. The van der Waals surface area contributed by atoms with Gasteiger partial charge in [0.15, 0.2) is 0 Å². The van der Waals surface area contributed by atoms with Crippen LogP contribution in [-0.4, -0.2) is 25.4 Å². The number of hydrazine groups is 1. The van der Waals surface area contributed by atoms with Crippen LogP contribution in [0.4, 0.5) is 5.69 Å². The van der Waals surface area contributed by atoms with E-state index in [9.17, 15) is 23.1 Å². The molecule has 1 saturated carbocycles. The molecule has 5 N–H and O–H groups in total. The highest BCUT2D eigenvalue weighted by molar-refractivity contribution is 7.89. The third kappa shape index (κ3) is 3.00. The molecule has 4 atom stereocenters. The first-order valence-corrected chi connectivity index (χ1v) is 8.92. The predicted octanol–water partition coefficient (Wildman–Crippen LogP) is 0.300. The lowest BCUT2D eigenvalue weighted by atomic mass is 9.82. The van der Waals surface area contributed by atoms with Gasteiger partial charge in [0.2, 0.25) is 15.9 Å². The molecule has 0 aromatic heterocycles. The molecule has 1 aromatic rings. The molecular weight excluding hydrogens is 334 g/mol. The molecule has 9 heteroatoms. The molecule has 128 valence electrons. The number of primary sulfonamides is 1. The van der Waals surface area contributed by atoms with Crippen LogP contribution in [0, 0.1) is 23.7 Å². The topological polar surface area (TPSA) is 139 Å². The molecule has 2 bridgehead atoms. The fraction of sp³-hybridized carbons (Fsp3) is 0.333. The van der Waals surface area contributed by atoms with Crippen LogP contribution in [0.1, 0.15) is 6.42 Å². The second kappa shape index (κ2) is 5.91. The number of nitrogens with one attached hydrogen (secondary N) is 2. The Morgan fingerprint density at radius 1 is 1.08 bits per heavy atom. The van der Waals surface area contributed by atoms with Crippen LogP contribution in [0.3, 0.4) is 0 Å². The van der Waals surface area contributed by atoms with Gasteiger partial charge in [-0.25, -0.2) is 13.6 Å². The van der Waals surface area contributed by atoms with Gasteiger partial charge >= 0.3 is 5.97 Å². The fourth-order valence-corrected chi connectivity index (χ4v) is 3.98. The summed E-state index contributed by atoms with van der Waals surface area (Å²) in [5.74, 6) is -2.86. The maximum atomic E-state index is 12.4. The van der Waals surface area contributed by atoms with Crippen molar-refractivity contribution >= 4 is 27.6 Å². The van der Waals surface area contributed by atoms with E-state index >= 15 is 0 Å². The molecule has 24 heavy (non-hydrogen) atoms. The van der Waals surface area contributed by atoms with Gasteiger partial charge in [0, 0.05) is 0 Å². The zero-order valence-electron chi connectivity index (χ0n) is 12.5. The molecule has 3 rings (SSSR count). The molecule has 1 aromatic carbocycles. The van der Waals surface area contributed by atoms with Crippen molar-refractivity contribution in [2.24, 2.45) is 28.8 Å². The first-order chi connectivity index (χ1) is 11.3. The third-order valence-corrected chi connectivity index (χ3v) is 5.49. The maximum Gasteiger partial charge on any atom is 0.307 e. The van der Waals surface area contributed by atoms with Crippen LogP contribution < -0.4 is 16.0 Å².